The van der Waals surface area contributed by atoms with Crippen LogP contribution in [0.15, 0.2) is 29.0 Å². The fourth-order valence-corrected chi connectivity index (χ4v) is 6.10. The van der Waals surface area contributed by atoms with Crippen molar-refractivity contribution in [3.05, 3.63) is 45.7 Å². The quantitative estimate of drug-likeness (QED) is 0.248. The maximum absolute atomic E-state index is 13.9. The van der Waals surface area contributed by atoms with E-state index in [0.717, 1.165) is 0 Å². The molecule has 6 atom stereocenters. The van der Waals surface area contributed by atoms with E-state index in [9.17, 15) is 44.7 Å². The van der Waals surface area contributed by atoms with Gasteiger partial charge in [-0.05, 0) is 37.6 Å². The Labute approximate surface area is 210 Å². The molecule has 4 rings (SSSR count). The fourth-order valence-electron chi connectivity index (χ4n) is 6.10. The molecule has 1 fully saturated rings. The fraction of sp³-hybridized carbons (Fsp3) is 0.440. The van der Waals surface area contributed by atoms with E-state index in [0.29, 0.717) is 5.56 Å². The molecule has 0 aliphatic heterocycles. The number of carboxylic acids is 1. The first kappa shape index (κ1) is 26.3. The summed E-state index contributed by atoms with van der Waals surface area (Å²) in [4.78, 5) is 51.3. The van der Waals surface area contributed by atoms with E-state index < -0.39 is 87.4 Å². The van der Waals surface area contributed by atoms with Crippen molar-refractivity contribution < 1.29 is 49.8 Å². The number of aliphatic carboxylic acids is 1. The second-order valence-electron chi connectivity index (χ2n) is 9.98. The van der Waals surface area contributed by atoms with Gasteiger partial charge < -0.3 is 36.4 Å². The molecule has 37 heavy (non-hydrogen) atoms. The van der Waals surface area contributed by atoms with E-state index in [1.165, 1.54) is 25.1 Å². The highest BCUT2D eigenvalue weighted by Crippen LogP contribution is 2.56. The third kappa shape index (κ3) is 3.47. The molecular formula is C25H28N2O10. The highest BCUT2D eigenvalue weighted by Gasteiger charge is 2.68. The molecule has 1 saturated carbocycles. The summed E-state index contributed by atoms with van der Waals surface area (Å²) in [5.74, 6) is -10.8. The zero-order valence-electron chi connectivity index (χ0n) is 20.3. The Balaban J connectivity index is 1.99. The smallest absolute Gasteiger partial charge is 0.303 e. The largest absolute Gasteiger partial charge is 0.508 e. The number of rotatable bonds is 5. The molecule has 198 valence electrons. The number of aliphatic hydroxyl groups is 4. The van der Waals surface area contributed by atoms with Gasteiger partial charge in [0.15, 0.2) is 11.4 Å². The number of nitrogens with two attached hydrogens (primary N) is 1. The van der Waals surface area contributed by atoms with Crippen molar-refractivity contribution in [1.82, 2.24) is 4.90 Å². The lowest BCUT2D eigenvalue weighted by Gasteiger charge is -2.53. The number of carbonyl (C=O) groups is 4. The van der Waals surface area contributed by atoms with Crippen LogP contribution in [0, 0.1) is 11.8 Å². The topological polar surface area (TPSA) is 219 Å². The molecule has 0 heterocycles. The van der Waals surface area contributed by atoms with E-state index in [2.05, 4.69) is 0 Å². The molecule has 1 aromatic carbocycles. The Bertz CT molecular complexity index is 1310. The summed E-state index contributed by atoms with van der Waals surface area (Å²) in [5.41, 5.74) is 1.18. The van der Waals surface area contributed by atoms with Crippen LogP contribution in [0.1, 0.15) is 36.0 Å². The number of phenolic OH excluding ortho intramolecular Hbond substituents is 1. The van der Waals surface area contributed by atoms with Crippen LogP contribution < -0.4 is 5.73 Å². The maximum Gasteiger partial charge on any atom is 0.303 e. The molecule has 0 aromatic heterocycles. The van der Waals surface area contributed by atoms with Crippen LogP contribution in [-0.4, -0.2) is 90.8 Å². The van der Waals surface area contributed by atoms with Crippen LogP contribution in [0.3, 0.4) is 0 Å². The van der Waals surface area contributed by atoms with Crippen molar-refractivity contribution in [2.24, 2.45) is 17.6 Å². The number of amides is 1. The first-order chi connectivity index (χ1) is 17.2. The van der Waals surface area contributed by atoms with Gasteiger partial charge in [-0.15, -0.1) is 0 Å². The number of hydrogen-bond acceptors (Lipinski definition) is 10. The van der Waals surface area contributed by atoms with Gasteiger partial charge in [0.2, 0.25) is 5.78 Å². The van der Waals surface area contributed by atoms with Gasteiger partial charge in [-0.2, -0.15) is 0 Å². The van der Waals surface area contributed by atoms with Crippen LogP contribution in [0.5, 0.6) is 5.75 Å². The number of Topliss-reactive ketones (excluding diaryl/α,β-unsaturated/α-hetero) is 2. The summed E-state index contributed by atoms with van der Waals surface area (Å²) in [6.45, 7) is 1.62. The number of likely N-dealkylation sites (N-methyl/N-ethyl adjacent to an activating group) is 1. The summed E-state index contributed by atoms with van der Waals surface area (Å²) in [7, 11) is 2.86. The van der Waals surface area contributed by atoms with E-state index in [1.54, 1.807) is 13.0 Å². The third-order valence-electron chi connectivity index (χ3n) is 7.82. The summed E-state index contributed by atoms with van der Waals surface area (Å²) in [6, 6.07) is 1.60. The van der Waals surface area contributed by atoms with Crippen LogP contribution in [0.2, 0.25) is 0 Å². The Kier molecular flexibility index (Phi) is 6.18. The van der Waals surface area contributed by atoms with Gasteiger partial charge in [-0.3, -0.25) is 24.1 Å². The van der Waals surface area contributed by atoms with Crippen LogP contribution in [-0.2, 0) is 25.6 Å². The number of aryl methyl sites for hydroxylation is 1. The molecule has 3 aliphatic rings. The third-order valence-corrected chi connectivity index (χ3v) is 7.82. The first-order valence-electron chi connectivity index (χ1n) is 11.6. The molecule has 0 radical (unpaired) electrons. The number of carbonyl (C=O) groups excluding carboxylic acids is 3. The number of benzene rings is 1. The van der Waals surface area contributed by atoms with Crippen LogP contribution >= 0.6 is 0 Å². The minimum atomic E-state index is -2.99. The molecule has 3 aliphatic carbocycles. The van der Waals surface area contributed by atoms with E-state index >= 15 is 0 Å². The normalized spacial score (nSPS) is 31.2. The van der Waals surface area contributed by atoms with Crippen molar-refractivity contribution >= 4 is 29.2 Å². The average molecular weight is 517 g/mol. The molecule has 0 bridgehead atoms. The zero-order valence-corrected chi connectivity index (χ0v) is 20.3. The summed E-state index contributed by atoms with van der Waals surface area (Å²) in [6.07, 6.45) is -2.06. The highest BCUT2D eigenvalue weighted by molar-refractivity contribution is 6.24. The first-order valence-corrected chi connectivity index (χ1v) is 11.6. The number of ketones is 2. The number of nitrogens with zero attached hydrogens (tertiary/aromatic N) is 1. The number of aromatic hydroxyl groups is 1. The lowest BCUT2D eigenvalue weighted by atomic mass is 9.54. The Hall–Kier alpha value is -3.74. The standard InChI is InChI=1S/C25H28N2O10/c1-8-10-6-4-9(5-7-11(28)29)18(30)13(10)19(31)14-12(8)20(32)16-17(27(2)3)21(33)15(24(26)36)23(35)25(16,37)22(14)34/h4,6,8,12,16-17,20,30-32,35,37H,5,7H2,1-3H3,(H2,26,36)(H,28,29)/t8-,12+,16+,17-,20-,25-/m0/s1. The van der Waals surface area contributed by atoms with E-state index in [1.807, 2.05) is 0 Å². The van der Waals surface area contributed by atoms with E-state index in [4.69, 9.17) is 10.8 Å². The lowest BCUT2D eigenvalue weighted by molar-refractivity contribution is -0.169. The minimum Gasteiger partial charge on any atom is -0.508 e. The highest BCUT2D eigenvalue weighted by atomic mass is 16.4. The SMILES string of the molecule is C[C@H]1c2ccc(CCC(=O)O)c(O)c2C(O)=C2C(=O)[C@]3(O)C(O)=C(C(N)=O)C(=O)[C@@H](N(C)C)[C@@H]3[C@@H](O)[C@@H]21. The molecule has 0 unspecified atom stereocenters. The van der Waals surface area contributed by atoms with Gasteiger partial charge in [-0.1, -0.05) is 19.1 Å². The molecule has 1 aromatic rings. The van der Waals surface area contributed by atoms with Crippen LogP contribution in [0.4, 0.5) is 0 Å². The molecular weight excluding hydrogens is 488 g/mol. The van der Waals surface area contributed by atoms with Crippen molar-refractivity contribution in [3.8, 4) is 5.75 Å². The second kappa shape index (κ2) is 8.68. The molecule has 0 spiro atoms. The predicted molar refractivity (Wildman–Crippen MR) is 126 cm³/mol. The maximum atomic E-state index is 13.9. The number of carboxylic acid groups (broad SMARTS) is 1. The number of phenols is 1. The van der Waals surface area contributed by atoms with Crippen molar-refractivity contribution in [2.75, 3.05) is 14.1 Å². The monoisotopic (exact) mass is 516 g/mol. The number of primary amides is 1. The Morgan fingerprint density at radius 1 is 1.14 bits per heavy atom. The molecule has 12 heteroatoms. The minimum absolute atomic E-state index is 0.0738. The van der Waals surface area contributed by atoms with Gasteiger partial charge in [0, 0.05) is 17.9 Å². The second-order valence-corrected chi connectivity index (χ2v) is 9.98. The van der Waals surface area contributed by atoms with Crippen molar-refractivity contribution in [3.63, 3.8) is 0 Å². The van der Waals surface area contributed by atoms with Crippen LogP contribution in [0.25, 0.3) is 5.76 Å². The van der Waals surface area contributed by atoms with Crippen molar-refractivity contribution in [2.45, 2.75) is 43.4 Å². The number of fused-ring (bicyclic) bond motifs is 3. The Morgan fingerprint density at radius 2 is 1.76 bits per heavy atom. The van der Waals surface area contributed by atoms with Crippen molar-refractivity contribution in [1.29, 1.82) is 0 Å². The lowest BCUT2D eigenvalue weighted by Crippen LogP contribution is -2.70. The van der Waals surface area contributed by atoms with Gasteiger partial charge >= 0.3 is 5.97 Å². The molecule has 8 N–H and O–H groups in total. The molecule has 12 nitrogen and oxygen atoms in total. The molecule has 0 saturated heterocycles. The Morgan fingerprint density at radius 3 is 2.30 bits per heavy atom. The van der Waals surface area contributed by atoms with Gasteiger partial charge in [0.25, 0.3) is 5.91 Å². The summed E-state index contributed by atoms with van der Waals surface area (Å²) >= 11 is 0. The number of aliphatic hydroxyl groups excluding tert-OH is 3. The molecule has 1 amide bonds. The average Bonchev–Trinajstić information content (AvgIpc) is 2.80. The summed E-state index contributed by atoms with van der Waals surface area (Å²) in [5, 5.41) is 65.1. The number of hydrogen-bond donors (Lipinski definition) is 7. The van der Waals surface area contributed by atoms with Gasteiger partial charge in [0.1, 0.15) is 22.8 Å². The van der Waals surface area contributed by atoms with Gasteiger partial charge in [-0.25, -0.2) is 0 Å². The predicted octanol–water partition coefficient (Wildman–Crippen LogP) is -0.487. The van der Waals surface area contributed by atoms with Gasteiger partial charge in [0.05, 0.1) is 23.6 Å². The van der Waals surface area contributed by atoms with E-state index in [-0.39, 0.29) is 24.0 Å². The zero-order chi connectivity index (χ0) is 27.7. The summed E-state index contributed by atoms with van der Waals surface area (Å²) < 4.78 is 0.